The number of rotatable bonds is 7. The molecule has 0 saturated carbocycles. The van der Waals surface area contributed by atoms with Crippen LogP contribution in [0.25, 0.3) is 0 Å². The Kier molecular flexibility index (Phi) is 5.34. The van der Waals surface area contributed by atoms with Crippen molar-refractivity contribution in [2.24, 2.45) is 7.05 Å². The first-order valence-corrected chi connectivity index (χ1v) is 5.09. The summed E-state index contributed by atoms with van der Waals surface area (Å²) in [5, 5.41) is 9.59. The molecule has 0 spiro atoms. The fourth-order valence-corrected chi connectivity index (χ4v) is 1.30. The van der Waals surface area contributed by atoms with Crippen molar-refractivity contribution in [2.45, 2.75) is 25.4 Å². The molecule has 0 fully saturated rings. The quantitative estimate of drug-likeness (QED) is 0.716. The van der Waals surface area contributed by atoms with Crippen LogP contribution in [-0.2, 0) is 18.2 Å². The fourth-order valence-electron chi connectivity index (χ4n) is 1.30. The van der Waals surface area contributed by atoms with Crippen LogP contribution in [0.5, 0.6) is 0 Å². The van der Waals surface area contributed by atoms with Crippen LogP contribution in [0.4, 0.5) is 8.78 Å². The van der Waals surface area contributed by atoms with Gasteiger partial charge in [0.25, 0.3) is 6.43 Å². The lowest BCUT2D eigenvalue weighted by molar-refractivity contribution is 0.00489. The Bertz CT molecular complexity index is 305. The van der Waals surface area contributed by atoms with E-state index in [4.69, 9.17) is 0 Å². The third-order valence-corrected chi connectivity index (χ3v) is 2.18. The smallest absolute Gasteiger partial charge is 0.261 e. The number of halogens is 2. The van der Waals surface area contributed by atoms with Crippen LogP contribution in [-0.4, -0.2) is 40.4 Å². The summed E-state index contributed by atoms with van der Waals surface area (Å²) in [6.45, 7) is -0.439. The molecule has 1 atom stereocenters. The zero-order chi connectivity index (χ0) is 12.0. The van der Waals surface area contributed by atoms with Gasteiger partial charge in [-0.3, -0.25) is 0 Å². The third kappa shape index (κ3) is 4.67. The maximum absolute atomic E-state index is 11.7. The number of imidazole rings is 1. The predicted octanol–water partition coefficient (Wildman–Crippen LogP) is 0.995. The van der Waals surface area contributed by atoms with Crippen LogP contribution in [0.2, 0.25) is 0 Å². The van der Waals surface area contributed by atoms with Crippen molar-refractivity contribution >= 4 is 0 Å². The Hall–Kier alpha value is -1.01. The van der Waals surface area contributed by atoms with Gasteiger partial charge in [0.2, 0.25) is 0 Å². The van der Waals surface area contributed by atoms with Gasteiger partial charge >= 0.3 is 0 Å². The molecule has 0 aliphatic heterocycles. The first-order chi connectivity index (χ1) is 7.59. The molecule has 1 unspecified atom stereocenters. The Morgan fingerprint density at radius 2 is 2.31 bits per heavy atom. The summed E-state index contributed by atoms with van der Waals surface area (Å²) in [5.74, 6) is 0.765. The molecular formula is C10H16F2N2O2. The van der Waals surface area contributed by atoms with E-state index in [9.17, 15) is 13.9 Å². The molecule has 0 aliphatic carbocycles. The van der Waals surface area contributed by atoms with E-state index in [1.807, 2.05) is 11.6 Å². The van der Waals surface area contributed by atoms with Crippen LogP contribution >= 0.6 is 0 Å². The molecule has 16 heavy (non-hydrogen) atoms. The number of alkyl halides is 2. The Labute approximate surface area is 92.9 Å². The first kappa shape index (κ1) is 13.1. The van der Waals surface area contributed by atoms with Crippen LogP contribution in [0.1, 0.15) is 12.2 Å². The van der Waals surface area contributed by atoms with E-state index in [1.165, 1.54) is 0 Å². The van der Waals surface area contributed by atoms with Gasteiger partial charge in [-0.05, 0) is 6.42 Å². The molecule has 1 N–H and O–H groups in total. The first-order valence-electron chi connectivity index (χ1n) is 5.09. The summed E-state index contributed by atoms with van der Waals surface area (Å²) in [4.78, 5) is 4.05. The zero-order valence-electron chi connectivity index (χ0n) is 9.14. The Balaban J connectivity index is 2.16. The highest BCUT2D eigenvalue weighted by atomic mass is 19.3. The summed E-state index contributed by atoms with van der Waals surface area (Å²) in [7, 11) is 1.84. The number of aromatic nitrogens is 2. The monoisotopic (exact) mass is 234 g/mol. The Morgan fingerprint density at radius 3 is 2.88 bits per heavy atom. The van der Waals surface area contributed by atoms with E-state index < -0.39 is 19.1 Å². The average molecular weight is 234 g/mol. The van der Waals surface area contributed by atoms with E-state index in [-0.39, 0.29) is 6.61 Å². The van der Waals surface area contributed by atoms with Gasteiger partial charge in [-0.1, -0.05) is 0 Å². The van der Waals surface area contributed by atoms with Crippen molar-refractivity contribution < 1.29 is 18.6 Å². The molecule has 1 heterocycles. The third-order valence-electron chi connectivity index (χ3n) is 2.18. The van der Waals surface area contributed by atoms with Crippen LogP contribution in [0, 0.1) is 0 Å². The van der Waals surface area contributed by atoms with E-state index >= 15 is 0 Å². The molecule has 0 amide bonds. The molecule has 6 heteroatoms. The standard InChI is InChI=1S/C10H16F2N2O2/c1-14-4-3-13-10(14)6-8(15)2-5-16-7-9(11)12/h3-4,8-9,15H,2,5-7H2,1H3. The normalized spacial score (nSPS) is 13.3. The van der Waals surface area contributed by atoms with Crippen molar-refractivity contribution in [1.29, 1.82) is 0 Å². The molecule has 0 bridgehead atoms. The van der Waals surface area contributed by atoms with E-state index in [1.54, 1.807) is 12.4 Å². The van der Waals surface area contributed by atoms with Crippen LogP contribution in [0.15, 0.2) is 12.4 Å². The van der Waals surface area contributed by atoms with Crippen molar-refractivity contribution in [3.63, 3.8) is 0 Å². The topological polar surface area (TPSA) is 47.3 Å². The van der Waals surface area contributed by atoms with Gasteiger partial charge in [0.1, 0.15) is 12.4 Å². The highest BCUT2D eigenvalue weighted by molar-refractivity contribution is 4.92. The minimum Gasteiger partial charge on any atom is -0.393 e. The van der Waals surface area contributed by atoms with Crippen LogP contribution in [0.3, 0.4) is 0 Å². The predicted molar refractivity (Wildman–Crippen MR) is 54.4 cm³/mol. The van der Waals surface area contributed by atoms with Gasteiger partial charge < -0.3 is 14.4 Å². The number of hydrogen-bond acceptors (Lipinski definition) is 3. The van der Waals surface area contributed by atoms with Gasteiger partial charge in [0, 0.05) is 32.5 Å². The van der Waals surface area contributed by atoms with Crippen molar-refractivity contribution in [1.82, 2.24) is 9.55 Å². The second kappa shape index (κ2) is 6.55. The summed E-state index contributed by atoms with van der Waals surface area (Å²) in [5.41, 5.74) is 0. The largest absolute Gasteiger partial charge is 0.393 e. The van der Waals surface area contributed by atoms with Crippen molar-refractivity contribution in [3.8, 4) is 0 Å². The molecule has 92 valence electrons. The van der Waals surface area contributed by atoms with Crippen LogP contribution < -0.4 is 0 Å². The number of ether oxygens (including phenoxy) is 1. The zero-order valence-corrected chi connectivity index (χ0v) is 9.14. The minimum atomic E-state index is -2.45. The molecule has 1 aromatic rings. The highest BCUT2D eigenvalue weighted by Gasteiger charge is 2.09. The van der Waals surface area contributed by atoms with Gasteiger partial charge in [0.05, 0.1) is 6.10 Å². The number of aryl methyl sites for hydroxylation is 1. The van der Waals surface area contributed by atoms with Gasteiger partial charge in [-0.2, -0.15) is 0 Å². The van der Waals surface area contributed by atoms with Gasteiger partial charge in [0.15, 0.2) is 0 Å². The number of aliphatic hydroxyl groups is 1. The summed E-state index contributed by atoms with van der Waals surface area (Å²) >= 11 is 0. The molecule has 1 rings (SSSR count). The lowest BCUT2D eigenvalue weighted by Crippen LogP contribution is -2.17. The van der Waals surface area contributed by atoms with Gasteiger partial charge in [-0.15, -0.1) is 0 Å². The molecule has 0 radical (unpaired) electrons. The number of hydrogen-bond donors (Lipinski definition) is 1. The second-order valence-corrected chi connectivity index (χ2v) is 3.57. The molecule has 1 aromatic heterocycles. The van der Waals surface area contributed by atoms with Gasteiger partial charge in [-0.25, -0.2) is 13.8 Å². The summed E-state index contributed by atoms with van der Waals surface area (Å²) in [6, 6.07) is 0. The summed E-state index contributed by atoms with van der Waals surface area (Å²) in [6.07, 6.45) is 1.11. The minimum absolute atomic E-state index is 0.135. The van der Waals surface area contributed by atoms with E-state index in [0.29, 0.717) is 12.8 Å². The lowest BCUT2D eigenvalue weighted by atomic mass is 10.2. The fraction of sp³-hybridized carbons (Fsp3) is 0.700. The average Bonchev–Trinajstić information content (AvgIpc) is 2.59. The van der Waals surface area contributed by atoms with E-state index in [2.05, 4.69) is 9.72 Å². The highest BCUT2D eigenvalue weighted by Crippen LogP contribution is 2.03. The van der Waals surface area contributed by atoms with Crippen molar-refractivity contribution in [2.75, 3.05) is 13.2 Å². The molecule has 0 aliphatic rings. The second-order valence-electron chi connectivity index (χ2n) is 3.57. The molecule has 0 saturated heterocycles. The van der Waals surface area contributed by atoms with Crippen molar-refractivity contribution in [3.05, 3.63) is 18.2 Å². The number of aliphatic hydroxyl groups excluding tert-OH is 1. The SMILES string of the molecule is Cn1ccnc1CC(O)CCOCC(F)F. The maximum Gasteiger partial charge on any atom is 0.261 e. The Morgan fingerprint density at radius 1 is 1.56 bits per heavy atom. The lowest BCUT2D eigenvalue weighted by Gasteiger charge is -2.10. The number of nitrogens with zero attached hydrogens (tertiary/aromatic N) is 2. The summed E-state index contributed by atoms with van der Waals surface area (Å²) < 4.78 is 29.9. The molecule has 4 nitrogen and oxygen atoms in total. The molecule has 0 aromatic carbocycles. The maximum atomic E-state index is 11.7. The van der Waals surface area contributed by atoms with E-state index in [0.717, 1.165) is 5.82 Å². The molecular weight excluding hydrogens is 218 g/mol.